The first-order chi connectivity index (χ1) is 13.0. The van der Waals surface area contributed by atoms with Crippen molar-refractivity contribution in [3.05, 3.63) is 53.2 Å². The summed E-state index contributed by atoms with van der Waals surface area (Å²) in [6.45, 7) is 2.65. The van der Waals surface area contributed by atoms with Gasteiger partial charge in [-0.1, -0.05) is 18.2 Å². The fraction of sp³-hybridized carbons (Fsp3) is 0.368. The number of aromatic nitrogens is 4. The molecule has 1 amide bonds. The topological polar surface area (TPSA) is 93.2 Å². The maximum absolute atomic E-state index is 12.9. The van der Waals surface area contributed by atoms with Crippen molar-refractivity contribution >= 4 is 16.9 Å². The van der Waals surface area contributed by atoms with E-state index < -0.39 is 5.60 Å². The van der Waals surface area contributed by atoms with Gasteiger partial charge < -0.3 is 10.0 Å². The maximum Gasteiger partial charge on any atom is 0.264 e. The molecule has 1 fully saturated rings. The summed E-state index contributed by atoms with van der Waals surface area (Å²) in [6, 6.07) is 9.49. The first-order valence-corrected chi connectivity index (χ1v) is 8.93. The Morgan fingerprint density at radius 3 is 2.59 bits per heavy atom. The average molecular weight is 367 g/mol. The van der Waals surface area contributed by atoms with Gasteiger partial charge in [-0.3, -0.25) is 14.2 Å². The van der Waals surface area contributed by atoms with E-state index in [1.807, 2.05) is 30.3 Å². The van der Waals surface area contributed by atoms with E-state index in [0.717, 1.165) is 5.69 Å². The van der Waals surface area contributed by atoms with Crippen LogP contribution in [0.15, 0.2) is 47.7 Å². The van der Waals surface area contributed by atoms with Gasteiger partial charge in [-0.15, -0.1) is 0 Å². The van der Waals surface area contributed by atoms with Gasteiger partial charge in [-0.25, -0.2) is 9.67 Å². The van der Waals surface area contributed by atoms with Crippen molar-refractivity contribution in [1.29, 1.82) is 0 Å². The highest BCUT2D eigenvalue weighted by molar-refractivity contribution is 5.75. The summed E-state index contributed by atoms with van der Waals surface area (Å²) in [7, 11) is 0. The van der Waals surface area contributed by atoms with Crippen molar-refractivity contribution < 1.29 is 9.90 Å². The quantitative estimate of drug-likeness (QED) is 0.744. The number of benzene rings is 1. The maximum atomic E-state index is 12.9. The molecule has 0 spiro atoms. The average Bonchev–Trinajstić information content (AvgIpc) is 3.10. The summed E-state index contributed by atoms with van der Waals surface area (Å²) < 4.78 is 3.06. The summed E-state index contributed by atoms with van der Waals surface area (Å²) in [5.74, 6) is 0.00521. The molecule has 1 aliphatic heterocycles. The number of aliphatic hydroxyl groups is 1. The Kier molecular flexibility index (Phi) is 4.27. The van der Waals surface area contributed by atoms with Gasteiger partial charge >= 0.3 is 0 Å². The van der Waals surface area contributed by atoms with Crippen LogP contribution < -0.4 is 5.56 Å². The number of likely N-dealkylation sites (tertiary alicyclic amines) is 1. The molecule has 0 aliphatic carbocycles. The third-order valence-electron chi connectivity index (χ3n) is 5.16. The number of amides is 1. The van der Waals surface area contributed by atoms with Crippen LogP contribution >= 0.6 is 0 Å². The highest BCUT2D eigenvalue weighted by Gasteiger charge is 2.34. The summed E-state index contributed by atoms with van der Waals surface area (Å²) in [5, 5.41) is 15.6. The van der Waals surface area contributed by atoms with Crippen LogP contribution in [0, 0.1) is 0 Å². The minimum absolute atomic E-state index is 0.00521. The Labute approximate surface area is 155 Å². The number of carbonyl (C=O) groups excluding carboxylic acids is 1. The third-order valence-corrected chi connectivity index (χ3v) is 5.16. The molecule has 140 valence electrons. The number of hydrogen-bond donors (Lipinski definition) is 1. The van der Waals surface area contributed by atoms with Crippen molar-refractivity contribution in [2.75, 3.05) is 13.1 Å². The first kappa shape index (κ1) is 17.4. The molecule has 0 radical (unpaired) electrons. The number of hydrogen-bond acceptors (Lipinski definition) is 5. The van der Waals surface area contributed by atoms with Crippen molar-refractivity contribution in [2.24, 2.45) is 0 Å². The summed E-state index contributed by atoms with van der Waals surface area (Å²) >= 11 is 0. The van der Waals surface area contributed by atoms with Gasteiger partial charge in [0.2, 0.25) is 5.91 Å². The Morgan fingerprint density at radius 2 is 1.93 bits per heavy atom. The second-order valence-corrected chi connectivity index (χ2v) is 7.04. The molecule has 2 aromatic heterocycles. The molecule has 1 N–H and O–H groups in total. The van der Waals surface area contributed by atoms with Gasteiger partial charge in [0.15, 0.2) is 5.65 Å². The molecule has 0 atom stereocenters. The number of carbonyl (C=O) groups is 1. The molecule has 0 unspecified atom stereocenters. The molecule has 1 aliphatic rings. The van der Waals surface area contributed by atoms with Crippen molar-refractivity contribution in [1.82, 2.24) is 24.2 Å². The van der Waals surface area contributed by atoms with Crippen LogP contribution in [0.5, 0.6) is 0 Å². The van der Waals surface area contributed by atoms with E-state index in [-0.39, 0.29) is 18.0 Å². The molecular formula is C19H21N5O3. The van der Waals surface area contributed by atoms with Gasteiger partial charge in [0, 0.05) is 20.0 Å². The standard InChI is InChI=1S/C19H21N5O3/c1-14(25)22-9-7-19(27,8-10-22)12-23-13-20-17-16(18(23)26)11-21-24(17)15-5-3-2-4-6-15/h2-6,11,13,27H,7-10,12H2,1H3. The first-order valence-electron chi connectivity index (χ1n) is 8.93. The van der Waals surface area contributed by atoms with Crippen LogP contribution in [-0.2, 0) is 11.3 Å². The highest BCUT2D eigenvalue weighted by atomic mass is 16.3. The molecule has 8 heteroatoms. The number of fused-ring (bicyclic) bond motifs is 1. The molecule has 1 aromatic carbocycles. The molecule has 8 nitrogen and oxygen atoms in total. The van der Waals surface area contributed by atoms with Crippen LogP contribution in [0.4, 0.5) is 0 Å². The van der Waals surface area contributed by atoms with E-state index in [1.165, 1.54) is 24.0 Å². The van der Waals surface area contributed by atoms with Gasteiger partial charge in [0.1, 0.15) is 11.7 Å². The second kappa shape index (κ2) is 6.62. The predicted octanol–water partition coefficient (Wildman–Crippen LogP) is 0.956. The lowest BCUT2D eigenvalue weighted by atomic mass is 9.91. The van der Waals surface area contributed by atoms with E-state index in [1.54, 1.807) is 9.58 Å². The fourth-order valence-electron chi connectivity index (χ4n) is 3.53. The summed E-state index contributed by atoms with van der Waals surface area (Å²) in [4.78, 5) is 30.4. The molecule has 0 bridgehead atoms. The normalized spacial score (nSPS) is 16.6. The van der Waals surface area contributed by atoms with Crippen molar-refractivity contribution in [2.45, 2.75) is 31.9 Å². The fourth-order valence-corrected chi connectivity index (χ4v) is 3.53. The molecule has 4 rings (SSSR count). The minimum Gasteiger partial charge on any atom is -0.388 e. The third kappa shape index (κ3) is 3.23. The minimum atomic E-state index is -1.03. The number of piperidine rings is 1. The largest absolute Gasteiger partial charge is 0.388 e. The summed E-state index contributed by atoms with van der Waals surface area (Å²) in [6.07, 6.45) is 3.83. The van der Waals surface area contributed by atoms with Crippen LogP contribution in [0.1, 0.15) is 19.8 Å². The number of rotatable bonds is 3. The molecule has 27 heavy (non-hydrogen) atoms. The zero-order chi connectivity index (χ0) is 19.0. The second-order valence-electron chi connectivity index (χ2n) is 7.04. The number of nitrogens with zero attached hydrogens (tertiary/aromatic N) is 5. The van der Waals surface area contributed by atoms with E-state index >= 15 is 0 Å². The van der Waals surface area contributed by atoms with E-state index in [0.29, 0.717) is 37.0 Å². The van der Waals surface area contributed by atoms with Crippen LogP contribution in [0.25, 0.3) is 16.7 Å². The smallest absolute Gasteiger partial charge is 0.264 e. The van der Waals surface area contributed by atoms with E-state index in [2.05, 4.69) is 10.1 Å². The van der Waals surface area contributed by atoms with Gasteiger partial charge in [-0.2, -0.15) is 5.10 Å². The van der Waals surface area contributed by atoms with Crippen LogP contribution in [-0.4, -0.2) is 53.9 Å². The lowest BCUT2D eigenvalue weighted by Gasteiger charge is -2.38. The van der Waals surface area contributed by atoms with Gasteiger partial charge in [0.05, 0.1) is 24.0 Å². The summed E-state index contributed by atoms with van der Waals surface area (Å²) in [5.41, 5.74) is 0.0541. The molecule has 3 heterocycles. The highest BCUT2D eigenvalue weighted by Crippen LogP contribution is 2.24. The van der Waals surface area contributed by atoms with Crippen LogP contribution in [0.2, 0.25) is 0 Å². The van der Waals surface area contributed by atoms with Crippen molar-refractivity contribution in [3.8, 4) is 5.69 Å². The molecule has 1 saturated heterocycles. The Balaban J connectivity index is 1.62. The lowest BCUT2D eigenvalue weighted by Crippen LogP contribution is -2.49. The predicted molar refractivity (Wildman–Crippen MR) is 99.6 cm³/mol. The van der Waals surface area contributed by atoms with E-state index in [4.69, 9.17) is 0 Å². The molecule has 0 saturated carbocycles. The van der Waals surface area contributed by atoms with Crippen molar-refractivity contribution in [3.63, 3.8) is 0 Å². The monoisotopic (exact) mass is 367 g/mol. The molecular weight excluding hydrogens is 346 g/mol. The van der Waals surface area contributed by atoms with Crippen LogP contribution in [0.3, 0.4) is 0 Å². The van der Waals surface area contributed by atoms with E-state index in [9.17, 15) is 14.7 Å². The zero-order valence-electron chi connectivity index (χ0n) is 15.1. The Morgan fingerprint density at radius 1 is 1.22 bits per heavy atom. The van der Waals surface area contributed by atoms with Gasteiger partial charge in [-0.05, 0) is 25.0 Å². The Bertz CT molecular complexity index is 1030. The Hall–Kier alpha value is -3.00. The number of para-hydroxylation sites is 1. The zero-order valence-corrected chi connectivity index (χ0v) is 15.1. The lowest BCUT2D eigenvalue weighted by molar-refractivity contribution is -0.133. The van der Waals surface area contributed by atoms with Gasteiger partial charge in [0.25, 0.3) is 5.56 Å². The SMILES string of the molecule is CC(=O)N1CCC(O)(Cn2cnc3c(cnn3-c3ccccc3)c2=O)CC1. The molecule has 3 aromatic rings.